The molecule has 0 aliphatic carbocycles. The molecule has 5 nitrogen and oxygen atoms in total. The van der Waals surface area contributed by atoms with Crippen molar-refractivity contribution in [1.29, 1.82) is 0 Å². The van der Waals surface area contributed by atoms with E-state index in [0.29, 0.717) is 15.9 Å². The number of nitrogens with zero attached hydrogens (tertiary/aromatic N) is 1. The molecular formula is C17H15ClN2O3. The summed E-state index contributed by atoms with van der Waals surface area (Å²) in [5, 5.41) is 0.835. The second kappa shape index (κ2) is 5.93. The number of rotatable bonds is 3. The van der Waals surface area contributed by atoms with Gasteiger partial charge >= 0.3 is 5.69 Å². The van der Waals surface area contributed by atoms with Crippen LogP contribution < -0.4 is 16.0 Å². The minimum absolute atomic E-state index is 0.160. The van der Waals surface area contributed by atoms with E-state index in [-0.39, 0.29) is 12.1 Å². The van der Waals surface area contributed by atoms with Gasteiger partial charge in [0, 0.05) is 5.02 Å². The molecule has 1 N–H and O–H groups in total. The number of hydrogen-bond donors (Lipinski definition) is 1. The number of H-pyrrole nitrogens is 1. The summed E-state index contributed by atoms with van der Waals surface area (Å²) >= 11 is 5.94. The van der Waals surface area contributed by atoms with Crippen LogP contribution in [0.1, 0.15) is 11.1 Å². The summed E-state index contributed by atoms with van der Waals surface area (Å²) < 4.78 is 6.43. The molecule has 118 valence electrons. The summed E-state index contributed by atoms with van der Waals surface area (Å²) in [7, 11) is 1.59. The van der Waals surface area contributed by atoms with E-state index in [4.69, 9.17) is 16.3 Å². The van der Waals surface area contributed by atoms with Gasteiger partial charge in [0.15, 0.2) is 0 Å². The number of aryl methyl sites for hydroxylation is 1. The fourth-order valence-corrected chi connectivity index (χ4v) is 2.68. The van der Waals surface area contributed by atoms with Crippen LogP contribution in [-0.4, -0.2) is 16.7 Å². The second-order valence-corrected chi connectivity index (χ2v) is 5.75. The number of ether oxygens (including phenoxy) is 1. The van der Waals surface area contributed by atoms with Crippen molar-refractivity contribution in [3.63, 3.8) is 0 Å². The Balaban J connectivity index is 2.13. The average Bonchev–Trinajstić information content (AvgIpc) is 2.54. The third kappa shape index (κ3) is 2.87. The maximum Gasteiger partial charge on any atom is 0.329 e. The Morgan fingerprint density at radius 1 is 1.17 bits per heavy atom. The van der Waals surface area contributed by atoms with E-state index in [9.17, 15) is 9.59 Å². The highest BCUT2D eigenvalue weighted by Crippen LogP contribution is 2.19. The van der Waals surface area contributed by atoms with Crippen LogP contribution in [0.5, 0.6) is 5.75 Å². The molecule has 0 saturated heterocycles. The normalized spacial score (nSPS) is 10.9. The summed E-state index contributed by atoms with van der Waals surface area (Å²) in [6, 6.07) is 10.4. The summed E-state index contributed by atoms with van der Waals surface area (Å²) in [5.74, 6) is 0.718. The fourth-order valence-electron chi connectivity index (χ4n) is 2.51. The lowest BCUT2D eigenvalue weighted by Crippen LogP contribution is -2.35. The van der Waals surface area contributed by atoms with Crippen LogP contribution in [0.15, 0.2) is 46.0 Å². The van der Waals surface area contributed by atoms with Crippen molar-refractivity contribution in [2.45, 2.75) is 13.5 Å². The summed E-state index contributed by atoms with van der Waals surface area (Å²) in [5.41, 5.74) is 1.45. The van der Waals surface area contributed by atoms with Crippen molar-refractivity contribution >= 4 is 22.5 Å². The quantitative estimate of drug-likeness (QED) is 0.803. The van der Waals surface area contributed by atoms with Gasteiger partial charge in [-0.05, 0) is 42.3 Å². The number of methoxy groups -OCH3 is 1. The molecule has 0 fully saturated rings. The monoisotopic (exact) mass is 330 g/mol. The van der Waals surface area contributed by atoms with Gasteiger partial charge in [-0.25, -0.2) is 4.79 Å². The highest BCUT2D eigenvalue weighted by atomic mass is 35.5. The number of nitrogens with one attached hydrogen (secondary N) is 1. The average molecular weight is 331 g/mol. The molecule has 6 heteroatoms. The van der Waals surface area contributed by atoms with Crippen LogP contribution in [0.25, 0.3) is 10.9 Å². The number of aromatic nitrogens is 2. The predicted molar refractivity (Wildman–Crippen MR) is 90.7 cm³/mol. The van der Waals surface area contributed by atoms with E-state index in [2.05, 4.69) is 4.98 Å². The standard InChI is InChI=1S/C17H15ClN2O3/c1-10-3-4-11(7-15(10)23-2)9-20-16(21)13-8-12(18)5-6-14(13)19-17(20)22/h3-8H,9H2,1-2H3,(H,19,22). The molecule has 3 aromatic rings. The second-order valence-electron chi connectivity index (χ2n) is 5.32. The van der Waals surface area contributed by atoms with Gasteiger partial charge in [-0.1, -0.05) is 23.7 Å². The lowest BCUT2D eigenvalue weighted by molar-refractivity contribution is 0.411. The number of halogens is 1. The Labute approximate surface area is 137 Å². The summed E-state index contributed by atoms with van der Waals surface area (Å²) in [6.07, 6.45) is 0. The molecule has 0 aliphatic heterocycles. The first-order valence-electron chi connectivity index (χ1n) is 7.05. The highest BCUT2D eigenvalue weighted by Gasteiger charge is 2.10. The van der Waals surface area contributed by atoms with Gasteiger partial charge < -0.3 is 9.72 Å². The van der Waals surface area contributed by atoms with Crippen molar-refractivity contribution < 1.29 is 4.74 Å². The maximum atomic E-state index is 12.6. The maximum absolute atomic E-state index is 12.6. The van der Waals surface area contributed by atoms with E-state index < -0.39 is 5.69 Å². The molecule has 0 bridgehead atoms. The molecular weight excluding hydrogens is 316 g/mol. The molecule has 0 unspecified atom stereocenters. The molecule has 2 aromatic carbocycles. The molecule has 0 spiro atoms. The summed E-state index contributed by atoms with van der Waals surface area (Å²) in [4.78, 5) is 27.5. The Bertz CT molecular complexity index is 1000. The van der Waals surface area contributed by atoms with Crippen LogP contribution in [0.2, 0.25) is 5.02 Å². The Hall–Kier alpha value is -2.53. The van der Waals surface area contributed by atoms with Crippen LogP contribution in [-0.2, 0) is 6.54 Å². The zero-order valence-corrected chi connectivity index (χ0v) is 13.5. The topological polar surface area (TPSA) is 64.1 Å². The number of fused-ring (bicyclic) bond motifs is 1. The molecule has 0 atom stereocenters. The summed E-state index contributed by atoms with van der Waals surface area (Å²) in [6.45, 7) is 2.09. The molecule has 0 amide bonds. The lowest BCUT2D eigenvalue weighted by atomic mass is 10.1. The zero-order valence-electron chi connectivity index (χ0n) is 12.7. The zero-order chi connectivity index (χ0) is 16.6. The van der Waals surface area contributed by atoms with Crippen molar-refractivity contribution in [2.75, 3.05) is 7.11 Å². The Morgan fingerprint density at radius 3 is 2.70 bits per heavy atom. The van der Waals surface area contributed by atoms with Crippen molar-refractivity contribution in [3.8, 4) is 5.75 Å². The van der Waals surface area contributed by atoms with Gasteiger partial charge in [0.2, 0.25) is 0 Å². The van der Waals surface area contributed by atoms with Crippen molar-refractivity contribution in [2.24, 2.45) is 0 Å². The van der Waals surface area contributed by atoms with E-state index in [1.807, 2.05) is 25.1 Å². The largest absolute Gasteiger partial charge is 0.496 e. The minimum atomic E-state index is -0.454. The molecule has 0 saturated carbocycles. The smallest absolute Gasteiger partial charge is 0.329 e. The predicted octanol–water partition coefficient (Wildman–Crippen LogP) is 2.71. The van der Waals surface area contributed by atoms with Crippen LogP contribution >= 0.6 is 11.6 Å². The molecule has 0 radical (unpaired) electrons. The first kappa shape index (κ1) is 15.4. The first-order chi connectivity index (χ1) is 11.0. The molecule has 3 rings (SSSR count). The molecule has 0 aliphatic rings. The van der Waals surface area contributed by atoms with Crippen molar-refractivity contribution in [3.05, 3.63) is 73.4 Å². The Morgan fingerprint density at radius 2 is 1.96 bits per heavy atom. The SMILES string of the molecule is COc1cc(Cn2c(=O)[nH]c3ccc(Cl)cc3c2=O)ccc1C. The minimum Gasteiger partial charge on any atom is -0.496 e. The third-order valence-electron chi connectivity index (χ3n) is 3.76. The highest BCUT2D eigenvalue weighted by molar-refractivity contribution is 6.31. The molecule has 1 heterocycles. The van der Waals surface area contributed by atoms with Gasteiger partial charge in [-0.15, -0.1) is 0 Å². The molecule has 1 aromatic heterocycles. The van der Waals surface area contributed by atoms with Gasteiger partial charge in [-0.2, -0.15) is 0 Å². The van der Waals surface area contributed by atoms with Gasteiger partial charge in [0.05, 0.1) is 24.6 Å². The van der Waals surface area contributed by atoms with E-state index in [1.54, 1.807) is 25.3 Å². The van der Waals surface area contributed by atoms with E-state index in [0.717, 1.165) is 21.4 Å². The van der Waals surface area contributed by atoms with Crippen LogP contribution in [0.3, 0.4) is 0 Å². The Kier molecular flexibility index (Phi) is 3.96. The molecule has 23 heavy (non-hydrogen) atoms. The van der Waals surface area contributed by atoms with E-state index >= 15 is 0 Å². The number of hydrogen-bond acceptors (Lipinski definition) is 3. The van der Waals surface area contributed by atoms with Gasteiger partial charge in [-0.3, -0.25) is 9.36 Å². The van der Waals surface area contributed by atoms with E-state index in [1.165, 1.54) is 0 Å². The number of aromatic amines is 1. The fraction of sp³-hybridized carbons (Fsp3) is 0.176. The number of benzene rings is 2. The van der Waals surface area contributed by atoms with Crippen LogP contribution in [0.4, 0.5) is 0 Å². The third-order valence-corrected chi connectivity index (χ3v) is 3.99. The lowest BCUT2D eigenvalue weighted by Gasteiger charge is -2.10. The van der Waals surface area contributed by atoms with Gasteiger partial charge in [0.1, 0.15) is 5.75 Å². The van der Waals surface area contributed by atoms with Crippen molar-refractivity contribution in [1.82, 2.24) is 9.55 Å². The van der Waals surface area contributed by atoms with Gasteiger partial charge in [0.25, 0.3) is 5.56 Å². The van der Waals surface area contributed by atoms with Crippen LogP contribution in [0, 0.1) is 6.92 Å². The first-order valence-corrected chi connectivity index (χ1v) is 7.43.